The molecule has 3 fully saturated rings. The summed E-state index contributed by atoms with van der Waals surface area (Å²) in [5.74, 6) is -0.611. The predicted molar refractivity (Wildman–Crippen MR) is 131 cm³/mol. The number of nitrogens with zero attached hydrogens (tertiary/aromatic N) is 3. The molecular formula is C24H25N3O4S2. The Morgan fingerprint density at radius 3 is 2.27 bits per heavy atom. The van der Waals surface area contributed by atoms with E-state index in [0.29, 0.717) is 11.4 Å². The Labute approximate surface area is 202 Å². The van der Waals surface area contributed by atoms with Gasteiger partial charge in [-0.1, -0.05) is 54.3 Å². The maximum absolute atomic E-state index is 13.7. The summed E-state index contributed by atoms with van der Waals surface area (Å²) in [6.45, 7) is 4.19. The first-order chi connectivity index (χ1) is 15.8. The van der Waals surface area contributed by atoms with Crippen LogP contribution in [0, 0.1) is 5.92 Å². The van der Waals surface area contributed by atoms with Gasteiger partial charge in [0.1, 0.15) is 15.4 Å². The highest BCUT2D eigenvalue weighted by atomic mass is 32.2. The second-order valence-corrected chi connectivity index (χ2v) is 10.6. The number of thiocarbonyl (C=S) groups is 1. The molecule has 3 aliphatic rings. The minimum Gasteiger partial charge on any atom is -0.497 e. The zero-order valence-corrected chi connectivity index (χ0v) is 20.4. The number of methoxy groups -OCH3 is 1. The minimum atomic E-state index is -0.888. The van der Waals surface area contributed by atoms with Gasteiger partial charge in [-0.15, -0.1) is 0 Å². The van der Waals surface area contributed by atoms with Gasteiger partial charge in [0.15, 0.2) is 6.10 Å². The zero-order chi connectivity index (χ0) is 23.5. The lowest BCUT2D eigenvalue weighted by molar-refractivity contribution is -0.188. The number of likely N-dealkylation sites (N-methyl/N-ethyl adjacent to an activating group) is 1. The number of hydrogen-bond acceptors (Lipinski definition) is 7. The number of fused-ring (bicyclic) bond motifs is 1. The highest BCUT2D eigenvalue weighted by Gasteiger charge is 2.63. The molecule has 2 amide bonds. The number of carbonyl (C=O) groups is 2. The molecule has 0 aromatic heterocycles. The van der Waals surface area contributed by atoms with E-state index in [1.54, 1.807) is 31.4 Å². The first-order valence-corrected chi connectivity index (χ1v) is 12.0. The topological polar surface area (TPSA) is 62.3 Å². The van der Waals surface area contributed by atoms with E-state index in [4.69, 9.17) is 21.8 Å². The van der Waals surface area contributed by atoms with Gasteiger partial charge in [-0.05, 0) is 43.7 Å². The first kappa shape index (κ1) is 22.3. The molecule has 9 heteroatoms. The predicted octanol–water partition coefficient (Wildman–Crippen LogP) is 3.61. The van der Waals surface area contributed by atoms with Gasteiger partial charge < -0.3 is 9.64 Å². The Hall–Kier alpha value is -2.46. The summed E-state index contributed by atoms with van der Waals surface area (Å²) in [5, 5.41) is 1.66. The molecule has 0 radical (unpaired) electrons. The largest absolute Gasteiger partial charge is 0.497 e. The van der Waals surface area contributed by atoms with Crippen LogP contribution in [0.2, 0.25) is 0 Å². The lowest BCUT2D eigenvalue weighted by atomic mass is 9.90. The number of anilines is 1. The molecule has 3 aliphatic heterocycles. The van der Waals surface area contributed by atoms with Crippen molar-refractivity contribution in [2.45, 2.75) is 36.9 Å². The molecule has 2 aromatic carbocycles. The van der Waals surface area contributed by atoms with Crippen molar-refractivity contribution in [3.63, 3.8) is 0 Å². The fourth-order valence-electron chi connectivity index (χ4n) is 4.71. The third-order valence-electron chi connectivity index (χ3n) is 6.80. The highest BCUT2D eigenvalue weighted by Crippen LogP contribution is 2.52. The molecule has 0 bridgehead atoms. The molecule has 5 rings (SSSR count). The number of imide groups is 1. The SMILES string of the molecule is COc1ccc(N2C(=O)[C@H]3[C@H](ON([C@@H]4SC(=S)N(C)C4(C)C)[C@H]3c3ccccc3)C2=O)cc1. The Morgan fingerprint density at radius 2 is 1.70 bits per heavy atom. The lowest BCUT2D eigenvalue weighted by Crippen LogP contribution is -2.51. The first-order valence-electron chi connectivity index (χ1n) is 10.7. The van der Waals surface area contributed by atoms with Crippen LogP contribution in [0.4, 0.5) is 5.69 Å². The number of carbonyl (C=O) groups excluding carboxylic acids is 2. The maximum Gasteiger partial charge on any atom is 0.265 e. The van der Waals surface area contributed by atoms with Crippen LogP contribution in [0.5, 0.6) is 5.75 Å². The fraction of sp³-hybridized carbons (Fsp3) is 0.375. The fourth-order valence-corrected chi connectivity index (χ4v) is 6.53. The Balaban J connectivity index is 1.54. The standard InChI is InChI=1S/C24H25N3O4S2/c1-24(2)22(33-23(32)25(24)3)27-18(14-8-6-5-7-9-14)17-19(31-27)21(29)26(20(17)28)15-10-12-16(30-4)13-11-15/h5-13,17-19,22H,1-4H3/t17-,18+,19+,22-/m1/s1. The van der Waals surface area contributed by atoms with Gasteiger partial charge in [0, 0.05) is 7.05 Å². The Morgan fingerprint density at radius 1 is 1.03 bits per heavy atom. The van der Waals surface area contributed by atoms with Crippen LogP contribution in [0.25, 0.3) is 0 Å². The van der Waals surface area contributed by atoms with E-state index in [0.717, 1.165) is 9.88 Å². The monoisotopic (exact) mass is 483 g/mol. The number of rotatable bonds is 4. The van der Waals surface area contributed by atoms with Gasteiger partial charge in [-0.3, -0.25) is 14.4 Å². The molecule has 7 nitrogen and oxygen atoms in total. The summed E-state index contributed by atoms with van der Waals surface area (Å²) in [4.78, 5) is 36.8. The van der Waals surface area contributed by atoms with Crippen LogP contribution in [-0.4, -0.2) is 57.3 Å². The van der Waals surface area contributed by atoms with Crippen molar-refractivity contribution >= 4 is 45.8 Å². The van der Waals surface area contributed by atoms with E-state index in [9.17, 15) is 9.59 Å². The van der Waals surface area contributed by atoms with Crippen molar-refractivity contribution < 1.29 is 19.2 Å². The molecule has 3 heterocycles. The Bertz CT molecular complexity index is 1110. The van der Waals surface area contributed by atoms with E-state index < -0.39 is 18.1 Å². The number of hydrogen-bond donors (Lipinski definition) is 0. The lowest BCUT2D eigenvalue weighted by Gasteiger charge is -2.39. The van der Waals surface area contributed by atoms with Crippen LogP contribution < -0.4 is 9.64 Å². The van der Waals surface area contributed by atoms with Crippen LogP contribution in [-0.2, 0) is 14.4 Å². The quantitative estimate of drug-likeness (QED) is 0.483. The average Bonchev–Trinajstić information content (AvgIpc) is 3.39. The van der Waals surface area contributed by atoms with Crippen molar-refractivity contribution in [3.05, 3.63) is 60.2 Å². The van der Waals surface area contributed by atoms with Gasteiger partial charge >= 0.3 is 0 Å². The molecule has 0 aliphatic carbocycles. The maximum atomic E-state index is 13.7. The second-order valence-electron chi connectivity index (χ2n) is 8.93. The Kier molecular flexibility index (Phi) is 5.48. The van der Waals surface area contributed by atoms with Crippen LogP contribution in [0.1, 0.15) is 25.5 Å². The van der Waals surface area contributed by atoms with Crippen molar-refractivity contribution in [1.29, 1.82) is 0 Å². The average molecular weight is 484 g/mol. The normalized spacial score (nSPS) is 29.2. The minimum absolute atomic E-state index is 0.180. The summed E-state index contributed by atoms with van der Waals surface area (Å²) in [5.41, 5.74) is 1.09. The van der Waals surface area contributed by atoms with Crippen molar-refractivity contribution in [2.24, 2.45) is 5.92 Å². The van der Waals surface area contributed by atoms with Crippen molar-refractivity contribution in [1.82, 2.24) is 9.96 Å². The van der Waals surface area contributed by atoms with Gasteiger partial charge in [-0.25, -0.2) is 4.90 Å². The summed E-state index contributed by atoms with van der Waals surface area (Å²) in [6, 6.07) is 16.3. The smallest absolute Gasteiger partial charge is 0.265 e. The van der Waals surface area contributed by atoms with Crippen LogP contribution in [0.3, 0.4) is 0 Å². The van der Waals surface area contributed by atoms with Gasteiger partial charge in [0.2, 0.25) is 5.91 Å². The van der Waals surface area contributed by atoms with Crippen molar-refractivity contribution in [2.75, 3.05) is 19.1 Å². The second kappa shape index (κ2) is 8.09. The molecule has 4 atom stereocenters. The molecular weight excluding hydrogens is 458 g/mol. The van der Waals surface area contributed by atoms with E-state index in [1.807, 2.05) is 47.3 Å². The third kappa shape index (κ3) is 3.37. The van der Waals surface area contributed by atoms with Gasteiger partial charge in [0.25, 0.3) is 5.91 Å². The summed E-state index contributed by atoms with van der Waals surface area (Å²) < 4.78 is 5.97. The van der Waals surface area contributed by atoms with Crippen molar-refractivity contribution in [3.8, 4) is 5.75 Å². The van der Waals surface area contributed by atoms with E-state index in [-0.39, 0.29) is 22.7 Å². The van der Waals surface area contributed by atoms with E-state index >= 15 is 0 Å². The number of thioether (sulfide) groups is 1. The van der Waals surface area contributed by atoms with Crippen LogP contribution >= 0.6 is 24.0 Å². The molecule has 0 N–H and O–H groups in total. The van der Waals surface area contributed by atoms with Crippen LogP contribution in [0.15, 0.2) is 54.6 Å². The highest BCUT2D eigenvalue weighted by molar-refractivity contribution is 8.23. The van der Waals surface area contributed by atoms with Gasteiger partial charge in [0.05, 0.1) is 30.3 Å². The third-order valence-corrected chi connectivity index (χ3v) is 8.85. The zero-order valence-electron chi connectivity index (χ0n) is 18.8. The summed E-state index contributed by atoms with van der Waals surface area (Å²) in [6.07, 6.45) is -0.888. The molecule has 2 aromatic rings. The van der Waals surface area contributed by atoms with E-state index in [2.05, 4.69) is 13.8 Å². The molecule has 0 spiro atoms. The summed E-state index contributed by atoms with van der Waals surface area (Å²) in [7, 11) is 3.54. The number of amides is 2. The molecule has 0 unspecified atom stereocenters. The number of hydroxylamine groups is 2. The van der Waals surface area contributed by atoms with E-state index in [1.165, 1.54) is 16.7 Å². The summed E-state index contributed by atoms with van der Waals surface area (Å²) >= 11 is 7.09. The molecule has 0 saturated carbocycles. The number of ether oxygens (including phenoxy) is 1. The molecule has 3 saturated heterocycles. The molecule has 33 heavy (non-hydrogen) atoms. The molecule has 172 valence electrons. The number of benzene rings is 2. The van der Waals surface area contributed by atoms with Gasteiger partial charge in [-0.2, -0.15) is 5.06 Å².